The van der Waals surface area contributed by atoms with Gasteiger partial charge in [-0.25, -0.2) is 9.97 Å². The summed E-state index contributed by atoms with van der Waals surface area (Å²) in [5.41, 5.74) is 19.4. The fourth-order valence-electron chi connectivity index (χ4n) is 10.6. The average molecular weight is 805 g/mol. The lowest BCUT2D eigenvalue weighted by Gasteiger charge is -2.32. The van der Waals surface area contributed by atoms with Crippen LogP contribution in [0.4, 0.5) is 0 Å². The molecule has 2 aromatic heterocycles. The quantitative estimate of drug-likeness (QED) is 0.173. The van der Waals surface area contributed by atoms with Crippen molar-refractivity contribution in [2.24, 2.45) is 0 Å². The summed E-state index contributed by atoms with van der Waals surface area (Å²) < 4.78 is 2.58. The van der Waals surface area contributed by atoms with E-state index < -0.39 is 5.41 Å². The van der Waals surface area contributed by atoms with Crippen molar-refractivity contribution in [2.75, 3.05) is 0 Å². The number of rotatable bonds is 5. The van der Waals surface area contributed by atoms with E-state index in [1.54, 1.807) is 0 Å². The minimum atomic E-state index is -0.518. The first-order valence-corrected chi connectivity index (χ1v) is 22.0. The molecular weight excluding hydrogens is 769 g/mol. The molecule has 62 heavy (non-hydrogen) atoms. The predicted octanol–water partition coefficient (Wildman–Crippen LogP) is 15.5. The minimum absolute atomic E-state index is 0.518. The summed E-state index contributed by atoms with van der Waals surface area (Å²) in [5, 5.41) is 2.58. The highest BCUT2D eigenvalue weighted by Gasteiger charge is 2.52. The molecule has 0 fully saturated rings. The second-order valence-corrected chi connectivity index (χ2v) is 17.5. The summed E-state index contributed by atoms with van der Waals surface area (Å²) in [6.07, 6.45) is 0. The summed E-state index contributed by atoms with van der Waals surface area (Å²) in [5.74, 6) is 0.699. The van der Waals surface area contributed by atoms with Crippen LogP contribution in [-0.2, 0) is 5.41 Å². The van der Waals surface area contributed by atoms with Crippen LogP contribution in [0.15, 0.2) is 218 Å². The number of hydrogen-bond donors (Lipinski definition) is 0. The SMILES string of the molecule is c1ccc(-c2cc(-c3cc(-c4cccc5c4C4(c6ccccc6-c6ccccc64)c4ccccc4-5)nc(-c4ccccc4)n3)cc(-c3cccc4sc5ccccc5c34)c2)cc1. The van der Waals surface area contributed by atoms with Crippen LogP contribution in [-0.4, -0.2) is 9.97 Å². The Morgan fingerprint density at radius 2 is 0.823 bits per heavy atom. The first-order valence-electron chi connectivity index (χ1n) is 21.2. The van der Waals surface area contributed by atoms with E-state index >= 15 is 0 Å². The smallest absolute Gasteiger partial charge is 0.160 e. The molecule has 288 valence electrons. The maximum absolute atomic E-state index is 5.53. The van der Waals surface area contributed by atoms with Gasteiger partial charge in [0.15, 0.2) is 5.82 Å². The van der Waals surface area contributed by atoms with E-state index in [1.165, 1.54) is 70.2 Å². The van der Waals surface area contributed by atoms with Gasteiger partial charge in [-0.15, -0.1) is 11.3 Å². The van der Waals surface area contributed by atoms with Crippen LogP contribution >= 0.6 is 11.3 Å². The Morgan fingerprint density at radius 3 is 1.55 bits per heavy atom. The zero-order valence-corrected chi connectivity index (χ0v) is 34.4. The van der Waals surface area contributed by atoms with E-state index in [1.807, 2.05) is 11.3 Å². The van der Waals surface area contributed by atoms with Crippen molar-refractivity contribution < 1.29 is 0 Å². The first kappa shape index (κ1) is 35.1. The number of aromatic nitrogens is 2. The zero-order chi connectivity index (χ0) is 40.8. The van der Waals surface area contributed by atoms with Crippen molar-refractivity contribution >= 4 is 31.5 Å². The number of hydrogen-bond acceptors (Lipinski definition) is 3. The second kappa shape index (κ2) is 13.7. The molecule has 0 unspecified atom stereocenters. The van der Waals surface area contributed by atoms with E-state index in [0.29, 0.717) is 5.82 Å². The fraction of sp³-hybridized carbons (Fsp3) is 0.0169. The number of benzene rings is 9. The Morgan fingerprint density at radius 1 is 0.323 bits per heavy atom. The monoisotopic (exact) mass is 804 g/mol. The maximum atomic E-state index is 5.53. The highest BCUT2D eigenvalue weighted by molar-refractivity contribution is 7.25. The Labute approximate surface area is 364 Å². The third kappa shape index (κ3) is 5.09. The van der Waals surface area contributed by atoms with Gasteiger partial charge in [0.05, 0.1) is 16.8 Å². The van der Waals surface area contributed by atoms with Crippen LogP contribution in [0.1, 0.15) is 22.3 Å². The van der Waals surface area contributed by atoms with Crippen LogP contribution in [0.5, 0.6) is 0 Å². The van der Waals surface area contributed by atoms with Gasteiger partial charge in [-0.2, -0.15) is 0 Å². The van der Waals surface area contributed by atoms with Crippen LogP contribution in [0.25, 0.3) is 98.6 Å². The number of fused-ring (bicyclic) bond motifs is 13. The van der Waals surface area contributed by atoms with E-state index in [2.05, 4.69) is 218 Å². The predicted molar refractivity (Wildman–Crippen MR) is 258 cm³/mol. The average Bonchev–Trinajstić information content (AvgIpc) is 3.99. The largest absolute Gasteiger partial charge is 0.228 e. The van der Waals surface area contributed by atoms with Gasteiger partial charge in [-0.3, -0.25) is 0 Å². The molecule has 2 heterocycles. The molecule has 9 aromatic carbocycles. The highest BCUT2D eigenvalue weighted by Crippen LogP contribution is 2.64. The molecule has 2 nitrogen and oxygen atoms in total. The zero-order valence-electron chi connectivity index (χ0n) is 33.6. The van der Waals surface area contributed by atoms with Gasteiger partial charge in [0.1, 0.15) is 0 Å². The Bertz CT molecular complexity index is 3520. The Kier molecular flexibility index (Phi) is 7.72. The molecule has 3 heteroatoms. The van der Waals surface area contributed by atoms with Crippen LogP contribution in [0.2, 0.25) is 0 Å². The van der Waals surface area contributed by atoms with Crippen molar-refractivity contribution in [1.29, 1.82) is 0 Å². The molecule has 13 rings (SSSR count). The maximum Gasteiger partial charge on any atom is 0.160 e. The molecule has 1 spiro atoms. The third-order valence-corrected chi connectivity index (χ3v) is 14.2. The van der Waals surface area contributed by atoms with Gasteiger partial charge in [0.2, 0.25) is 0 Å². The summed E-state index contributed by atoms with van der Waals surface area (Å²) in [6.45, 7) is 0. The summed E-state index contributed by atoms with van der Waals surface area (Å²) >= 11 is 1.85. The van der Waals surface area contributed by atoms with Gasteiger partial charge in [-0.05, 0) is 103 Å². The molecule has 0 amide bonds. The van der Waals surface area contributed by atoms with Gasteiger partial charge in [0, 0.05) is 36.9 Å². The summed E-state index contributed by atoms with van der Waals surface area (Å²) in [7, 11) is 0. The lowest BCUT2D eigenvalue weighted by molar-refractivity contribution is 0.795. The molecule has 0 N–H and O–H groups in total. The standard InChI is InChI=1S/C59H36N2S/c1-3-17-37(18-4-1)39-33-40(42-25-16-32-55-56(42)48-24-10-14-31-54(48)62-55)35-41(34-39)52-36-53(61-58(60-52)38-19-5-2-6-20-38)47-27-15-26-46-45-23-9-13-30-51(45)59(57(46)47)49-28-11-7-21-43(49)44-22-8-12-29-50(44)59/h1-36H. The molecule has 11 aromatic rings. The minimum Gasteiger partial charge on any atom is -0.228 e. The van der Waals surface area contributed by atoms with E-state index in [9.17, 15) is 0 Å². The molecule has 2 aliphatic rings. The van der Waals surface area contributed by atoms with Crippen molar-refractivity contribution in [2.45, 2.75) is 5.41 Å². The van der Waals surface area contributed by atoms with Crippen LogP contribution in [0, 0.1) is 0 Å². The molecule has 0 saturated heterocycles. The van der Waals surface area contributed by atoms with E-state index in [0.717, 1.165) is 44.8 Å². The normalized spacial score (nSPS) is 13.0. The van der Waals surface area contributed by atoms with Crippen LogP contribution < -0.4 is 0 Å². The van der Waals surface area contributed by atoms with Crippen molar-refractivity contribution in [3.05, 3.63) is 241 Å². The molecule has 0 aliphatic heterocycles. The molecule has 0 saturated carbocycles. The highest BCUT2D eigenvalue weighted by atomic mass is 32.1. The van der Waals surface area contributed by atoms with Crippen molar-refractivity contribution in [3.8, 4) is 78.4 Å². The molecule has 0 atom stereocenters. The van der Waals surface area contributed by atoms with Gasteiger partial charge in [0.25, 0.3) is 0 Å². The molecule has 0 radical (unpaired) electrons. The second-order valence-electron chi connectivity index (χ2n) is 16.4. The molecule has 2 aliphatic carbocycles. The van der Waals surface area contributed by atoms with E-state index in [4.69, 9.17) is 9.97 Å². The van der Waals surface area contributed by atoms with Gasteiger partial charge in [-0.1, -0.05) is 182 Å². The van der Waals surface area contributed by atoms with Crippen molar-refractivity contribution in [3.63, 3.8) is 0 Å². The molecule has 0 bridgehead atoms. The Balaban J connectivity index is 1.10. The topological polar surface area (TPSA) is 25.8 Å². The van der Waals surface area contributed by atoms with Gasteiger partial charge < -0.3 is 0 Å². The van der Waals surface area contributed by atoms with Crippen molar-refractivity contribution in [1.82, 2.24) is 9.97 Å². The lowest BCUT2D eigenvalue weighted by Crippen LogP contribution is -2.26. The Hall–Kier alpha value is -7.72. The number of thiophene rings is 1. The molecular formula is C59H36N2S. The van der Waals surface area contributed by atoms with E-state index in [-0.39, 0.29) is 0 Å². The summed E-state index contributed by atoms with van der Waals surface area (Å²) in [4.78, 5) is 11.0. The fourth-order valence-corrected chi connectivity index (χ4v) is 11.7. The number of nitrogens with zero attached hydrogens (tertiary/aromatic N) is 2. The third-order valence-electron chi connectivity index (χ3n) is 13.1. The summed E-state index contributed by atoms with van der Waals surface area (Å²) in [6, 6.07) is 79.7. The lowest BCUT2D eigenvalue weighted by atomic mass is 9.69. The van der Waals surface area contributed by atoms with Gasteiger partial charge >= 0.3 is 0 Å². The van der Waals surface area contributed by atoms with Crippen LogP contribution in [0.3, 0.4) is 0 Å². The first-order chi connectivity index (χ1) is 30.7.